The molecule has 3 aromatic rings. The highest BCUT2D eigenvalue weighted by Crippen LogP contribution is 2.15. The van der Waals surface area contributed by atoms with Crippen LogP contribution in [0.1, 0.15) is 33.3 Å². The Labute approximate surface area is 154 Å². The number of nitrogens with one attached hydrogen (secondary N) is 1. The second-order valence-corrected chi connectivity index (χ2v) is 5.64. The number of benzene rings is 1. The molecule has 0 aliphatic heterocycles. The fourth-order valence-electron chi connectivity index (χ4n) is 2.43. The summed E-state index contributed by atoms with van der Waals surface area (Å²) < 4.78 is 19.4. The van der Waals surface area contributed by atoms with E-state index in [9.17, 15) is 14.0 Å². The molecule has 0 saturated heterocycles. The molecule has 138 valence electrons. The number of carbonyl (C=O) groups is 2. The molecule has 1 amide bonds. The van der Waals surface area contributed by atoms with Crippen molar-refractivity contribution in [1.29, 1.82) is 0 Å². The third-order valence-electron chi connectivity index (χ3n) is 3.83. The molecule has 1 N–H and O–H groups in total. The zero-order valence-corrected chi connectivity index (χ0v) is 14.8. The summed E-state index contributed by atoms with van der Waals surface area (Å²) in [6, 6.07) is 8.68. The van der Waals surface area contributed by atoms with Crippen LogP contribution in [-0.4, -0.2) is 33.2 Å². The third kappa shape index (κ3) is 4.00. The Kier molecular flexibility index (Phi) is 5.25. The summed E-state index contributed by atoms with van der Waals surface area (Å²) >= 11 is 0. The molecule has 2 aromatic heterocycles. The highest BCUT2D eigenvalue weighted by molar-refractivity contribution is 6.04. The minimum absolute atomic E-state index is 0.277. The standard InChI is InChI=1S/C19H17FN4O3/c1-3-27-19(26)16-11-22-24(12(16)2)17-9-4-13(10-21-17)18(25)23-15-7-5-14(20)6-8-15/h4-11H,3H2,1-2H3,(H,23,25). The normalized spacial score (nSPS) is 10.5. The van der Waals surface area contributed by atoms with Crippen molar-refractivity contribution in [3.05, 3.63) is 71.4 Å². The molecule has 27 heavy (non-hydrogen) atoms. The van der Waals surface area contributed by atoms with Crippen molar-refractivity contribution in [2.75, 3.05) is 11.9 Å². The van der Waals surface area contributed by atoms with E-state index in [0.29, 0.717) is 28.3 Å². The first kappa shape index (κ1) is 18.2. The van der Waals surface area contributed by atoms with E-state index in [0.717, 1.165) is 0 Å². The summed E-state index contributed by atoms with van der Waals surface area (Å²) in [7, 11) is 0. The van der Waals surface area contributed by atoms with Crippen molar-refractivity contribution in [3.8, 4) is 5.82 Å². The van der Waals surface area contributed by atoms with Crippen LogP contribution in [0, 0.1) is 12.7 Å². The lowest BCUT2D eigenvalue weighted by atomic mass is 10.2. The summed E-state index contributed by atoms with van der Waals surface area (Å²) in [6.07, 6.45) is 2.82. The number of ether oxygens (including phenoxy) is 1. The van der Waals surface area contributed by atoms with Crippen LogP contribution in [0.2, 0.25) is 0 Å². The molecule has 8 heteroatoms. The van der Waals surface area contributed by atoms with Gasteiger partial charge in [0.25, 0.3) is 5.91 Å². The monoisotopic (exact) mass is 368 g/mol. The number of hydrogen-bond donors (Lipinski definition) is 1. The quantitative estimate of drug-likeness (QED) is 0.699. The van der Waals surface area contributed by atoms with Gasteiger partial charge in [0.1, 0.15) is 11.4 Å². The number of rotatable bonds is 5. The number of hydrogen-bond acceptors (Lipinski definition) is 5. The Morgan fingerprint density at radius 1 is 1.15 bits per heavy atom. The number of halogens is 1. The zero-order chi connectivity index (χ0) is 19.4. The third-order valence-corrected chi connectivity index (χ3v) is 3.83. The summed E-state index contributed by atoms with van der Waals surface area (Å²) in [4.78, 5) is 28.4. The van der Waals surface area contributed by atoms with Gasteiger partial charge in [0.15, 0.2) is 5.82 Å². The fourth-order valence-corrected chi connectivity index (χ4v) is 2.43. The maximum atomic E-state index is 12.9. The lowest BCUT2D eigenvalue weighted by Crippen LogP contribution is -2.13. The van der Waals surface area contributed by atoms with E-state index in [-0.39, 0.29) is 18.3 Å². The van der Waals surface area contributed by atoms with Gasteiger partial charge in [0.05, 0.1) is 24.1 Å². The minimum atomic E-state index is -0.448. The Balaban J connectivity index is 1.76. The molecular formula is C19H17FN4O3. The zero-order valence-electron chi connectivity index (χ0n) is 14.8. The first-order valence-electron chi connectivity index (χ1n) is 8.24. The van der Waals surface area contributed by atoms with Crippen LogP contribution in [0.4, 0.5) is 10.1 Å². The molecule has 0 saturated carbocycles. The van der Waals surface area contributed by atoms with Crippen molar-refractivity contribution in [1.82, 2.24) is 14.8 Å². The molecule has 0 unspecified atom stereocenters. The Morgan fingerprint density at radius 3 is 2.52 bits per heavy atom. The molecule has 0 radical (unpaired) electrons. The van der Waals surface area contributed by atoms with Crippen LogP contribution in [0.5, 0.6) is 0 Å². The number of amides is 1. The number of anilines is 1. The molecule has 0 spiro atoms. The number of pyridine rings is 1. The fraction of sp³-hybridized carbons (Fsp3) is 0.158. The first-order valence-corrected chi connectivity index (χ1v) is 8.24. The van der Waals surface area contributed by atoms with Gasteiger partial charge in [-0.2, -0.15) is 5.10 Å². The highest BCUT2D eigenvalue weighted by atomic mass is 19.1. The maximum absolute atomic E-state index is 12.9. The Morgan fingerprint density at radius 2 is 1.89 bits per heavy atom. The molecule has 0 bridgehead atoms. The lowest BCUT2D eigenvalue weighted by molar-refractivity contribution is 0.0525. The van der Waals surface area contributed by atoms with Crippen molar-refractivity contribution in [3.63, 3.8) is 0 Å². The van der Waals surface area contributed by atoms with Gasteiger partial charge >= 0.3 is 5.97 Å². The van der Waals surface area contributed by atoms with Gasteiger partial charge in [-0.05, 0) is 50.2 Å². The first-order chi connectivity index (χ1) is 13.0. The second-order valence-electron chi connectivity index (χ2n) is 5.64. The van der Waals surface area contributed by atoms with Gasteiger partial charge in [0.2, 0.25) is 0 Å². The van der Waals surface area contributed by atoms with Gasteiger partial charge < -0.3 is 10.1 Å². The predicted octanol–water partition coefficient (Wildman–Crippen LogP) is 3.14. The Hall–Kier alpha value is -3.55. The van der Waals surface area contributed by atoms with E-state index in [4.69, 9.17) is 4.74 Å². The summed E-state index contributed by atoms with van der Waals surface area (Å²) in [5, 5.41) is 6.82. The van der Waals surface area contributed by atoms with Crippen LogP contribution >= 0.6 is 0 Å². The number of aromatic nitrogens is 3. The van der Waals surface area contributed by atoms with Crippen molar-refractivity contribution in [2.24, 2.45) is 0 Å². The van der Waals surface area contributed by atoms with Gasteiger partial charge in [-0.25, -0.2) is 18.9 Å². The van der Waals surface area contributed by atoms with Crippen molar-refractivity contribution in [2.45, 2.75) is 13.8 Å². The van der Waals surface area contributed by atoms with E-state index in [1.165, 1.54) is 41.3 Å². The predicted molar refractivity (Wildman–Crippen MR) is 96.4 cm³/mol. The Bertz CT molecular complexity index is 966. The molecule has 0 atom stereocenters. The van der Waals surface area contributed by atoms with Crippen LogP contribution in [0.3, 0.4) is 0 Å². The topological polar surface area (TPSA) is 86.1 Å². The number of esters is 1. The van der Waals surface area contributed by atoms with Gasteiger partial charge in [-0.15, -0.1) is 0 Å². The van der Waals surface area contributed by atoms with Gasteiger partial charge in [-0.1, -0.05) is 0 Å². The van der Waals surface area contributed by atoms with E-state index < -0.39 is 5.97 Å². The summed E-state index contributed by atoms with van der Waals surface area (Å²) in [5.41, 5.74) is 1.76. The van der Waals surface area contributed by atoms with Gasteiger partial charge in [0, 0.05) is 11.9 Å². The molecule has 0 aliphatic carbocycles. The molecule has 0 fully saturated rings. The molecule has 2 heterocycles. The average Bonchev–Trinajstić information content (AvgIpc) is 3.05. The van der Waals surface area contributed by atoms with E-state index in [1.807, 2.05) is 0 Å². The SMILES string of the molecule is CCOC(=O)c1cnn(-c2ccc(C(=O)Nc3ccc(F)cc3)cn2)c1C. The number of carbonyl (C=O) groups excluding carboxylic acids is 2. The largest absolute Gasteiger partial charge is 0.462 e. The van der Waals surface area contributed by atoms with Crippen LogP contribution in [0.25, 0.3) is 5.82 Å². The molecular weight excluding hydrogens is 351 g/mol. The minimum Gasteiger partial charge on any atom is -0.462 e. The smallest absolute Gasteiger partial charge is 0.341 e. The molecule has 0 aliphatic rings. The van der Waals surface area contributed by atoms with Crippen LogP contribution < -0.4 is 5.32 Å². The highest BCUT2D eigenvalue weighted by Gasteiger charge is 2.17. The van der Waals surface area contributed by atoms with Crippen molar-refractivity contribution >= 4 is 17.6 Å². The van der Waals surface area contributed by atoms with Gasteiger partial charge in [-0.3, -0.25) is 4.79 Å². The summed E-state index contributed by atoms with van der Waals surface area (Å²) in [6.45, 7) is 3.74. The van der Waals surface area contributed by atoms with E-state index in [2.05, 4.69) is 15.4 Å². The van der Waals surface area contributed by atoms with E-state index in [1.54, 1.807) is 26.0 Å². The second kappa shape index (κ2) is 7.77. The average molecular weight is 368 g/mol. The molecule has 7 nitrogen and oxygen atoms in total. The van der Waals surface area contributed by atoms with Crippen molar-refractivity contribution < 1.29 is 18.7 Å². The van der Waals surface area contributed by atoms with Crippen LogP contribution in [0.15, 0.2) is 48.8 Å². The molecule has 1 aromatic carbocycles. The summed E-state index contributed by atoms with van der Waals surface area (Å²) in [5.74, 6) is -0.737. The maximum Gasteiger partial charge on any atom is 0.341 e. The van der Waals surface area contributed by atoms with E-state index >= 15 is 0 Å². The van der Waals surface area contributed by atoms with Crippen LogP contribution in [-0.2, 0) is 4.74 Å². The molecule has 3 rings (SSSR count). The number of nitrogens with zero attached hydrogens (tertiary/aromatic N) is 3. The lowest BCUT2D eigenvalue weighted by Gasteiger charge is -2.07.